The van der Waals surface area contributed by atoms with Gasteiger partial charge in [0, 0.05) is 23.8 Å². The van der Waals surface area contributed by atoms with Crippen molar-refractivity contribution >= 4 is 16.9 Å². The Morgan fingerprint density at radius 1 is 1.21 bits per heavy atom. The van der Waals surface area contributed by atoms with Gasteiger partial charge >= 0.3 is 5.97 Å². The molecule has 0 saturated carbocycles. The molecule has 3 heteroatoms. The number of carboxylic acids is 1. The van der Waals surface area contributed by atoms with Crippen LogP contribution in [0, 0.1) is 5.92 Å². The van der Waals surface area contributed by atoms with Gasteiger partial charge in [-0.2, -0.15) is 0 Å². The molecule has 2 aromatic rings. The van der Waals surface area contributed by atoms with Crippen LogP contribution in [0.2, 0.25) is 0 Å². The van der Waals surface area contributed by atoms with E-state index in [4.69, 9.17) is 5.11 Å². The molecule has 1 atom stereocenters. The standard InChI is InChI=1S/C21H29NO2/c1-15(2)6-5-7-17(4)22-11-10-19-14-18(8-9-20(19)22)12-16(3)13-21(23)24/h8-11,13-15,17H,5-7,12H2,1-4H3,(H,23,24). The van der Waals surface area contributed by atoms with Crippen molar-refractivity contribution in [2.24, 2.45) is 5.92 Å². The highest BCUT2D eigenvalue weighted by molar-refractivity contribution is 5.82. The topological polar surface area (TPSA) is 42.2 Å². The number of carbonyl (C=O) groups is 1. The van der Waals surface area contributed by atoms with Crippen LogP contribution >= 0.6 is 0 Å². The van der Waals surface area contributed by atoms with Gasteiger partial charge in [0.05, 0.1) is 0 Å². The highest BCUT2D eigenvalue weighted by Crippen LogP contribution is 2.25. The Kier molecular flexibility index (Phi) is 6.24. The Balaban J connectivity index is 2.11. The number of hydrogen-bond donors (Lipinski definition) is 1. The van der Waals surface area contributed by atoms with Gasteiger partial charge in [-0.25, -0.2) is 4.79 Å². The molecular formula is C21H29NO2. The number of fused-ring (bicyclic) bond motifs is 1. The van der Waals surface area contributed by atoms with Gasteiger partial charge in [0.25, 0.3) is 0 Å². The molecule has 0 aliphatic heterocycles. The summed E-state index contributed by atoms with van der Waals surface area (Å²) in [5.74, 6) is -0.113. The van der Waals surface area contributed by atoms with Crippen molar-refractivity contribution < 1.29 is 9.90 Å². The van der Waals surface area contributed by atoms with E-state index in [9.17, 15) is 4.79 Å². The van der Waals surface area contributed by atoms with E-state index in [-0.39, 0.29) is 0 Å². The average Bonchev–Trinajstić information content (AvgIpc) is 2.88. The summed E-state index contributed by atoms with van der Waals surface area (Å²) in [5.41, 5.74) is 3.28. The Morgan fingerprint density at radius 2 is 1.96 bits per heavy atom. The fourth-order valence-electron chi connectivity index (χ4n) is 3.25. The number of hydrogen-bond acceptors (Lipinski definition) is 1. The van der Waals surface area contributed by atoms with Crippen LogP contribution in [0.25, 0.3) is 10.9 Å². The van der Waals surface area contributed by atoms with E-state index in [1.165, 1.54) is 36.2 Å². The molecule has 0 aliphatic carbocycles. The molecule has 24 heavy (non-hydrogen) atoms. The van der Waals surface area contributed by atoms with E-state index >= 15 is 0 Å². The average molecular weight is 327 g/mol. The van der Waals surface area contributed by atoms with Gasteiger partial charge in [-0.3, -0.25) is 0 Å². The second-order valence-electron chi connectivity index (χ2n) is 7.30. The second-order valence-corrected chi connectivity index (χ2v) is 7.30. The first-order valence-corrected chi connectivity index (χ1v) is 8.86. The number of allylic oxidation sites excluding steroid dienone is 1. The number of aliphatic carboxylic acids is 1. The van der Waals surface area contributed by atoms with Crippen molar-refractivity contribution in [1.82, 2.24) is 4.57 Å². The van der Waals surface area contributed by atoms with E-state index in [1.807, 2.05) is 6.92 Å². The fourth-order valence-corrected chi connectivity index (χ4v) is 3.25. The molecule has 0 aliphatic rings. The molecule has 0 amide bonds. The zero-order valence-electron chi connectivity index (χ0n) is 15.2. The predicted octanol–water partition coefficient (Wildman–Crippen LogP) is 5.60. The molecule has 1 heterocycles. The second kappa shape index (κ2) is 8.18. The minimum atomic E-state index is -0.880. The molecule has 2 rings (SSSR count). The Bertz CT molecular complexity index is 725. The van der Waals surface area contributed by atoms with Crippen LogP contribution in [0.1, 0.15) is 58.6 Å². The quantitative estimate of drug-likeness (QED) is 0.641. The van der Waals surface area contributed by atoms with Crippen molar-refractivity contribution in [1.29, 1.82) is 0 Å². The van der Waals surface area contributed by atoms with E-state index in [0.29, 0.717) is 12.5 Å². The van der Waals surface area contributed by atoms with Crippen LogP contribution in [0.3, 0.4) is 0 Å². The van der Waals surface area contributed by atoms with E-state index in [0.717, 1.165) is 17.1 Å². The van der Waals surface area contributed by atoms with Crippen molar-refractivity contribution in [3.8, 4) is 0 Å². The van der Waals surface area contributed by atoms with Gasteiger partial charge in [0.15, 0.2) is 0 Å². The van der Waals surface area contributed by atoms with Gasteiger partial charge in [-0.05, 0) is 61.8 Å². The SMILES string of the molecule is CC(=CC(=O)O)Cc1ccc2c(ccn2C(C)CCCC(C)C)c1. The Hall–Kier alpha value is -2.03. The van der Waals surface area contributed by atoms with E-state index < -0.39 is 5.97 Å². The molecule has 1 aromatic heterocycles. The highest BCUT2D eigenvalue weighted by Gasteiger charge is 2.09. The van der Waals surface area contributed by atoms with Crippen molar-refractivity contribution in [2.75, 3.05) is 0 Å². The molecule has 0 spiro atoms. The maximum Gasteiger partial charge on any atom is 0.328 e. The fraction of sp³-hybridized carbons (Fsp3) is 0.476. The van der Waals surface area contributed by atoms with Gasteiger partial charge in [-0.15, -0.1) is 0 Å². The van der Waals surface area contributed by atoms with Gasteiger partial charge in [-0.1, -0.05) is 38.3 Å². The van der Waals surface area contributed by atoms with Gasteiger partial charge < -0.3 is 9.67 Å². The molecule has 0 radical (unpaired) electrons. The summed E-state index contributed by atoms with van der Waals surface area (Å²) in [6.07, 6.45) is 7.88. The summed E-state index contributed by atoms with van der Waals surface area (Å²) in [6, 6.07) is 9.11. The monoisotopic (exact) mass is 327 g/mol. The third kappa shape index (κ3) is 4.98. The first-order valence-electron chi connectivity index (χ1n) is 8.86. The van der Waals surface area contributed by atoms with Crippen molar-refractivity contribution in [3.63, 3.8) is 0 Å². The summed E-state index contributed by atoms with van der Waals surface area (Å²) >= 11 is 0. The van der Waals surface area contributed by atoms with Gasteiger partial charge in [0.2, 0.25) is 0 Å². The van der Waals surface area contributed by atoms with Crippen LogP contribution in [0.4, 0.5) is 0 Å². The van der Waals surface area contributed by atoms with Crippen LogP contribution in [0.15, 0.2) is 42.1 Å². The maximum absolute atomic E-state index is 10.7. The van der Waals surface area contributed by atoms with Crippen molar-refractivity contribution in [2.45, 2.75) is 59.4 Å². The zero-order valence-corrected chi connectivity index (χ0v) is 15.2. The minimum Gasteiger partial charge on any atom is -0.478 e. The Labute approximate surface area is 145 Å². The lowest BCUT2D eigenvalue weighted by atomic mass is 10.0. The minimum absolute atomic E-state index is 0.501. The molecule has 1 unspecified atom stereocenters. The normalized spacial score (nSPS) is 13.6. The lowest BCUT2D eigenvalue weighted by Crippen LogP contribution is -2.04. The van der Waals surface area contributed by atoms with Gasteiger partial charge in [0.1, 0.15) is 0 Å². The first kappa shape index (κ1) is 18.3. The molecule has 0 fully saturated rings. The lowest BCUT2D eigenvalue weighted by Gasteiger charge is -2.16. The summed E-state index contributed by atoms with van der Waals surface area (Å²) in [5, 5.41) is 10.1. The summed E-state index contributed by atoms with van der Waals surface area (Å²) in [4.78, 5) is 10.7. The number of rotatable bonds is 8. The van der Waals surface area contributed by atoms with Crippen molar-refractivity contribution in [3.05, 3.63) is 47.7 Å². The molecule has 130 valence electrons. The number of carboxylic acid groups (broad SMARTS) is 1. The molecule has 0 bridgehead atoms. The number of nitrogens with zero attached hydrogens (tertiary/aromatic N) is 1. The maximum atomic E-state index is 10.7. The highest BCUT2D eigenvalue weighted by atomic mass is 16.4. The molecule has 1 aromatic carbocycles. The molecule has 0 saturated heterocycles. The zero-order chi connectivity index (χ0) is 17.7. The largest absolute Gasteiger partial charge is 0.478 e. The molecule has 3 nitrogen and oxygen atoms in total. The Morgan fingerprint density at radius 3 is 2.62 bits per heavy atom. The summed E-state index contributed by atoms with van der Waals surface area (Å²) in [6.45, 7) is 8.70. The van der Waals surface area contributed by atoms with Crippen LogP contribution in [0.5, 0.6) is 0 Å². The lowest BCUT2D eigenvalue weighted by molar-refractivity contribution is -0.131. The summed E-state index contributed by atoms with van der Waals surface area (Å²) in [7, 11) is 0. The van der Waals surface area contributed by atoms with E-state index in [2.05, 4.69) is 55.8 Å². The predicted molar refractivity (Wildman–Crippen MR) is 100 cm³/mol. The van der Waals surface area contributed by atoms with Crippen LogP contribution in [-0.4, -0.2) is 15.6 Å². The molecule has 1 N–H and O–H groups in total. The number of aromatic nitrogens is 1. The number of benzene rings is 1. The molecular weight excluding hydrogens is 298 g/mol. The smallest absolute Gasteiger partial charge is 0.328 e. The van der Waals surface area contributed by atoms with E-state index in [1.54, 1.807) is 0 Å². The van der Waals surface area contributed by atoms with Crippen LogP contribution in [-0.2, 0) is 11.2 Å². The third-order valence-corrected chi connectivity index (χ3v) is 4.52. The third-order valence-electron chi connectivity index (χ3n) is 4.52. The first-order chi connectivity index (χ1) is 11.4. The van der Waals surface area contributed by atoms with Crippen LogP contribution < -0.4 is 0 Å². The summed E-state index contributed by atoms with van der Waals surface area (Å²) < 4.78 is 2.36.